The summed E-state index contributed by atoms with van der Waals surface area (Å²) in [6.07, 6.45) is 0. The van der Waals surface area contributed by atoms with Crippen LogP contribution in [0.3, 0.4) is 0 Å². The Morgan fingerprint density at radius 1 is 0.917 bits per heavy atom. The Hall–Kier alpha value is -2.43. The topological polar surface area (TPSA) is 132 Å². The molecule has 1 N–H and O–H groups in total. The summed E-state index contributed by atoms with van der Waals surface area (Å²) in [4.78, 5) is 19.8. The average molecular weight is 392 g/mol. The predicted molar refractivity (Wildman–Crippen MR) is 87.0 cm³/mol. The number of halogens is 2. The zero-order valence-corrected chi connectivity index (χ0v) is 13.8. The monoisotopic (exact) mass is 391 g/mol. The molecule has 24 heavy (non-hydrogen) atoms. The molecule has 0 unspecified atom stereocenters. The summed E-state index contributed by atoms with van der Waals surface area (Å²) in [6.45, 7) is 0. The Balaban J connectivity index is 2.44. The van der Waals surface area contributed by atoms with E-state index in [1.165, 1.54) is 0 Å². The molecule has 0 aromatic heterocycles. The van der Waals surface area contributed by atoms with E-state index in [0.717, 1.165) is 36.4 Å². The van der Waals surface area contributed by atoms with E-state index in [2.05, 4.69) is 0 Å². The van der Waals surface area contributed by atoms with Crippen LogP contribution in [0.15, 0.2) is 41.3 Å². The number of non-ortho nitro benzene ring substituents is 1. The van der Waals surface area contributed by atoms with Gasteiger partial charge >= 0.3 is 0 Å². The SMILES string of the molecule is O=[N+]([O-])c1ccc(S(=O)(=O)Nc2cc(Cl)c(Cl)cc2[N+](=O)[O-])cc1. The second-order valence-corrected chi connectivity index (χ2v) is 6.89. The molecule has 0 saturated carbocycles. The average Bonchev–Trinajstić information content (AvgIpc) is 2.50. The molecule has 2 aromatic rings. The molecule has 126 valence electrons. The Labute approximate surface area is 145 Å². The summed E-state index contributed by atoms with van der Waals surface area (Å²) in [5.74, 6) is 0. The quantitative estimate of drug-likeness (QED) is 0.611. The van der Waals surface area contributed by atoms with Crippen LogP contribution in [0.5, 0.6) is 0 Å². The van der Waals surface area contributed by atoms with E-state index in [1.54, 1.807) is 0 Å². The van der Waals surface area contributed by atoms with Gasteiger partial charge in [0.1, 0.15) is 5.69 Å². The number of hydrogen-bond acceptors (Lipinski definition) is 6. The van der Waals surface area contributed by atoms with Crippen LogP contribution in [0.2, 0.25) is 10.0 Å². The molecule has 0 atom stereocenters. The zero-order chi connectivity index (χ0) is 18.1. The molecule has 0 saturated heterocycles. The van der Waals surface area contributed by atoms with Gasteiger partial charge in [0.25, 0.3) is 21.4 Å². The third kappa shape index (κ3) is 3.72. The highest BCUT2D eigenvalue weighted by molar-refractivity contribution is 7.92. The van der Waals surface area contributed by atoms with Crippen molar-refractivity contribution in [1.82, 2.24) is 0 Å². The minimum absolute atomic E-state index is 0.0799. The van der Waals surface area contributed by atoms with Crippen molar-refractivity contribution in [2.75, 3.05) is 4.72 Å². The lowest BCUT2D eigenvalue weighted by Gasteiger charge is -2.09. The number of hydrogen-bond donors (Lipinski definition) is 1. The molecule has 0 aliphatic carbocycles. The molecule has 0 amide bonds. The molecule has 12 heteroatoms. The van der Waals surface area contributed by atoms with Crippen LogP contribution in [-0.4, -0.2) is 18.3 Å². The molecule has 0 aliphatic rings. The van der Waals surface area contributed by atoms with Crippen molar-refractivity contribution in [2.45, 2.75) is 4.90 Å². The highest BCUT2D eigenvalue weighted by Gasteiger charge is 2.23. The number of benzene rings is 2. The highest BCUT2D eigenvalue weighted by atomic mass is 35.5. The molecule has 0 bridgehead atoms. The van der Waals surface area contributed by atoms with Gasteiger partial charge in [0.2, 0.25) is 0 Å². The maximum atomic E-state index is 12.3. The van der Waals surface area contributed by atoms with Gasteiger partial charge in [-0.2, -0.15) is 0 Å². The fourth-order valence-electron chi connectivity index (χ4n) is 1.72. The van der Waals surface area contributed by atoms with Crippen molar-refractivity contribution >= 4 is 50.3 Å². The first kappa shape index (κ1) is 17.9. The van der Waals surface area contributed by atoms with E-state index in [1.807, 2.05) is 4.72 Å². The first-order valence-corrected chi connectivity index (χ1v) is 8.26. The lowest BCUT2D eigenvalue weighted by atomic mass is 10.3. The third-order valence-electron chi connectivity index (χ3n) is 2.84. The number of sulfonamides is 1. The lowest BCUT2D eigenvalue weighted by molar-refractivity contribution is -0.384. The van der Waals surface area contributed by atoms with E-state index in [9.17, 15) is 28.6 Å². The first-order valence-electron chi connectivity index (χ1n) is 6.02. The van der Waals surface area contributed by atoms with Crippen LogP contribution in [0.1, 0.15) is 0 Å². The summed E-state index contributed by atoms with van der Waals surface area (Å²) in [5, 5.41) is 21.4. The molecule has 0 spiro atoms. The van der Waals surface area contributed by atoms with Crippen molar-refractivity contribution in [3.63, 3.8) is 0 Å². The van der Waals surface area contributed by atoms with Crippen LogP contribution in [0, 0.1) is 20.2 Å². The fourth-order valence-corrected chi connectivity index (χ4v) is 3.11. The van der Waals surface area contributed by atoms with Gasteiger partial charge in [-0.1, -0.05) is 23.2 Å². The second kappa shape index (κ2) is 6.59. The molecule has 9 nitrogen and oxygen atoms in total. The lowest BCUT2D eigenvalue weighted by Crippen LogP contribution is -2.14. The largest absolute Gasteiger partial charge is 0.294 e. The minimum Gasteiger partial charge on any atom is -0.273 e. The predicted octanol–water partition coefficient (Wildman–Crippen LogP) is 3.61. The van der Waals surface area contributed by atoms with Crippen LogP contribution in [-0.2, 0) is 10.0 Å². The maximum Gasteiger partial charge on any atom is 0.294 e. The molecule has 0 heterocycles. The molecule has 2 aromatic carbocycles. The van der Waals surface area contributed by atoms with Gasteiger partial charge in [0.15, 0.2) is 0 Å². The molecule has 0 aliphatic heterocycles. The van der Waals surface area contributed by atoms with Gasteiger partial charge in [0, 0.05) is 18.2 Å². The van der Waals surface area contributed by atoms with Crippen molar-refractivity contribution in [1.29, 1.82) is 0 Å². The van der Waals surface area contributed by atoms with Crippen LogP contribution < -0.4 is 4.72 Å². The first-order chi connectivity index (χ1) is 11.1. The number of nitro groups is 2. The summed E-state index contributed by atoms with van der Waals surface area (Å²) in [7, 11) is -4.22. The molecular formula is C12H7Cl2N3O6S. The molecular weight excluding hydrogens is 385 g/mol. The van der Waals surface area contributed by atoms with Gasteiger partial charge in [-0.3, -0.25) is 25.0 Å². The van der Waals surface area contributed by atoms with Crippen molar-refractivity contribution in [3.05, 3.63) is 66.7 Å². The smallest absolute Gasteiger partial charge is 0.273 e. The molecule has 0 fully saturated rings. The Kier molecular flexibility index (Phi) is 4.92. The molecule has 0 radical (unpaired) electrons. The standard InChI is InChI=1S/C12H7Cl2N3O6S/c13-9-5-11(12(17(20)21)6-10(9)14)15-24(22,23)8-3-1-7(2-4-8)16(18)19/h1-6,15H. The van der Waals surface area contributed by atoms with Gasteiger partial charge in [-0.25, -0.2) is 8.42 Å². The summed E-state index contributed by atoms with van der Waals surface area (Å²) < 4.78 is 26.6. The van der Waals surface area contributed by atoms with Crippen LogP contribution >= 0.6 is 23.2 Å². The Morgan fingerprint density at radius 3 is 1.96 bits per heavy atom. The number of anilines is 1. The van der Waals surface area contributed by atoms with Crippen LogP contribution in [0.25, 0.3) is 0 Å². The highest BCUT2D eigenvalue weighted by Crippen LogP contribution is 2.35. The van der Waals surface area contributed by atoms with E-state index in [-0.39, 0.29) is 26.3 Å². The fraction of sp³-hybridized carbons (Fsp3) is 0. The normalized spacial score (nSPS) is 11.1. The summed E-state index contributed by atoms with van der Waals surface area (Å²) in [6, 6.07) is 5.92. The van der Waals surface area contributed by atoms with Gasteiger partial charge in [-0.05, 0) is 18.2 Å². The molecule has 2 rings (SSSR count). The third-order valence-corrected chi connectivity index (χ3v) is 4.94. The minimum atomic E-state index is -4.22. The van der Waals surface area contributed by atoms with Crippen molar-refractivity contribution in [2.24, 2.45) is 0 Å². The zero-order valence-electron chi connectivity index (χ0n) is 11.5. The number of nitro benzene ring substituents is 2. The van der Waals surface area contributed by atoms with Crippen LogP contribution in [0.4, 0.5) is 17.1 Å². The number of nitrogens with one attached hydrogen (secondary N) is 1. The number of nitrogens with zero attached hydrogens (tertiary/aromatic N) is 2. The van der Waals surface area contributed by atoms with E-state index in [0.29, 0.717) is 0 Å². The Morgan fingerprint density at radius 2 is 1.46 bits per heavy atom. The van der Waals surface area contributed by atoms with Crippen molar-refractivity contribution < 1.29 is 18.3 Å². The van der Waals surface area contributed by atoms with Gasteiger partial charge in [0.05, 0.1) is 24.8 Å². The van der Waals surface area contributed by atoms with Crippen molar-refractivity contribution in [3.8, 4) is 0 Å². The van der Waals surface area contributed by atoms with E-state index < -0.39 is 25.6 Å². The number of rotatable bonds is 5. The van der Waals surface area contributed by atoms with Gasteiger partial charge < -0.3 is 0 Å². The summed E-state index contributed by atoms with van der Waals surface area (Å²) in [5.41, 5.74) is -1.27. The maximum absolute atomic E-state index is 12.3. The van der Waals surface area contributed by atoms with E-state index in [4.69, 9.17) is 23.2 Å². The van der Waals surface area contributed by atoms with E-state index >= 15 is 0 Å². The summed E-state index contributed by atoms with van der Waals surface area (Å²) >= 11 is 11.4. The Bertz CT molecular complexity index is 931. The second-order valence-electron chi connectivity index (χ2n) is 4.40. The van der Waals surface area contributed by atoms with Gasteiger partial charge in [-0.15, -0.1) is 0 Å².